The molecule has 1 aliphatic carbocycles. The fourth-order valence-electron chi connectivity index (χ4n) is 3.06. The third-order valence-corrected chi connectivity index (χ3v) is 4.49. The number of rotatable bonds is 5. The first-order valence-corrected chi connectivity index (χ1v) is 7.97. The molecule has 2 aliphatic rings. The predicted octanol–water partition coefficient (Wildman–Crippen LogP) is 1.71. The number of aliphatic hydroxyl groups is 1. The van der Waals surface area contributed by atoms with Crippen molar-refractivity contribution >= 4 is 5.91 Å². The predicted molar refractivity (Wildman–Crippen MR) is 81.7 cm³/mol. The number of nitrogens with zero attached hydrogens (tertiary/aromatic N) is 1. The Morgan fingerprint density at radius 3 is 2.48 bits per heavy atom. The van der Waals surface area contributed by atoms with E-state index in [-0.39, 0.29) is 18.1 Å². The van der Waals surface area contributed by atoms with Gasteiger partial charge in [0, 0.05) is 13.1 Å². The molecule has 0 radical (unpaired) electrons. The molecule has 1 aromatic carbocycles. The summed E-state index contributed by atoms with van der Waals surface area (Å²) in [6, 6.07) is 10.4. The molecule has 0 spiro atoms. The van der Waals surface area contributed by atoms with E-state index in [4.69, 9.17) is 0 Å². The van der Waals surface area contributed by atoms with Crippen molar-refractivity contribution in [3.05, 3.63) is 35.9 Å². The van der Waals surface area contributed by atoms with E-state index < -0.39 is 0 Å². The van der Waals surface area contributed by atoms with E-state index in [0.717, 1.165) is 25.9 Å². The first-order valence-electron chi connectivity index (χ1n) is 7.97. The van der Waals surface area contributed by atoms with E-state index in [0.29, 0.717) is 12.5 Å². The molecule has 2 N–H and O–H groups in total. The molecule has 1 saturated heterocycles. The van der Waals surface area contributed by atoms with Crippen LogP contribution in [0, 0.1) is 5.92 Å². The molecular formula is C17H24N2O2. The minimum atomic E-state index is -0.187. The molecule has 3 rings (SSSR count). The largest absolute Gasteiger partial charge is 0.393 e. The molecule has 1 unspecified atom stereocenters. The molecule has 4 nitrogen and oxygen atoms in total. The van der Waals surface area contributed by atoms with Crippen LogP contribution in [-0.2, 0) is 4.79 Å². The van der Waals surface area contributed by atoms with Crippen LogP contribution in [0.25, 0.3) is 0 Å². The number of likely N-dealkylation sites (tertiary alicyclic amines) is 1. The summed E-state index contributed by atoms with van der Waals surface area (Å²) in [6.07, 6.45) is 3.77. The summed E-state index contributed by atoms with van der Waals surface area (Å²) in [7, 11) is 0. The molecule has 1 amide bonds. The van der Waals surface area contributed by atoms with E-state index in [1.54, 1.807) is 0 Å². The average Bonchev–Trinajstić information content (AvgIpc) is 3.33. The Kier molecular flexibility index (Phi) is 4.56. The van der Waals surface area contributed by atoms with Crippen LogP contribution in [0.1, 0.15) is 37.3 Å². The first kappa shape index (κ1) is 14.5. The van der Waals surface area contributed by atoms with E-state index in [9.17, 15) is 9.90 Å². The molecule has 1 atom stereocenters. The third kappa shape index (κ3) is 4.05. The highest BCUT2D eigenvalue weighted by Gasteiger charge is 2.33. The van der Waals surface area contributed by atoms with Gasteiger partial charge in [-0.3, -0.25) is 9.69 Å². The van der Waals surface area contributed by atoms with Crippen LogP contribution in [0.2, 0.25) is 0 Å². The average molecular weight is 288 g/mol. The summed E-state index contributed by atoms with van der Waals surface area (Å²) < 4.78 is 0. The second-order valence-corrected chi connectivity index (χ2v) is 6.30. The minimum absolute atomic E-state index is 0.104. The molecule has 1 saturated carbocycles. The summed E-state index contributed by atoms with van der Waals surface area (Å²) in [4.78, 5) is 14.4. The van der Waals surface area contributed by atoms with Gasteiger partial charge in [0.05, 0.1) is 18.7 Å². The number of aliphatic hydroxyl groups excluding tert-OH is 1. The normalized spacial score (nSPS) is 22.0. The molecule has 0 aromatic heterocycles. The fourth-order valence-corrected chi connectivity index (χ4v) is 3.06. The van der Waals surface area contributed by atoms with Crippen molar-refractivity contribution in [2.24, 2.45) is 5.92 Å². The monoisotopic (exact) mass is 288 g/mol. The van der Waals surface area contributed by atoms with Gasteiger partial charge in [-0.1, -0.05) is 30.3 Å². The first-order chi connectivity index (χ1) is 10.2. The Morgan fingerprint density at radius 1 is 1.19 bits per heavy atom. The highest BCUT2D eigenvalue weighted by atomic mass is 16.3. The standard InChI is InChI=1S/C17H24N2O2/c20-15-8-10-19(11-9-15)12-16(21)18-17(14-6-7-14)13-4-2-1-3-5-13/h1-5,14-15,17,20H,6-12H2,(H,18,21). The van der Waals surface area contributed by atoms with Gasteiger partial charge in [-0.2, -0.15) is 0 Å². The maximum absolute atomic E-state index is 12.3. The van der Waals surface area contributed by atoms with E-state index >= 15 is 0 Å². The van der Waals surface area contributed by atoms with Crippen molar-refractivity contribution in [3.63, 3.8) is 0 Å². The van der Waals surface area contributed by atoms with E-state index in [1.807, 2.05) is 18.2 Å². The highest BCUT2D eigenvalue weighted by molar-refractivity contribution is 5.78. The van der Waals surface area contributed by atoms with Gasteiger partial charge in [-0.15, -0.1) is 0 Å². The SMILES string of the molecule is O=C(CN1CCC(O)CC1)NC(c1ccccc1)C1CC1. The van der Waals surface area contributed by atoms with Crippen LogP contribution < -0.4 is 5.32 Å². The van der Waals surface area contributed by atoms with E-state index in [1.165, 1.54) is 18.4 Å². The number of hydrogen-bond acceptors (Lipinski definition) is 3. The fraction of sp³-hybridized carbons (Fsp3) is 0.588. The second kappa shape index (κ2) is 6.58. The Labute approximate surface area is 126 Å². The van der Waals surface area contributed by atoms with Crippen molar-refractivity contribution in [2.45, 2.75) is 37.8 Å². The Morgan fingerprint density at radius 2 is 1.86 bits per heavy atom. The van der Waals surface area contributed by atoms with Crippen molar-refractivity contribution < 1.29 is 9.90 Å². The molecule has 1 aromatic rings. The summed E-state index contributed by atoms with van der Waals surface area (Å²) in [5.74, 6) is 0.701. The molecule has 1 heterocycles. The molecule has 0 bridgehead atoms. The van der Waals surface area contributed by atoms with Gasteiger partial charge in [0.2, 0.25) is 5.91 Å². The topological polar surface area (TPSA) is 52.6 Å². The van der Waals surface area contributed by atoms with Gasteiger partial charge in [-0.25, -0.2) is 0 Å². The molecular weight excluding hydrogens is 264 g/mol. The van der Waals surface area contributed by atoms with Crippen LogP contribution in [-0.4, -0.2) is 41.7 Å². The lowest BCUT2D eigenvalue weighted by Gasteiger charge is -2.29. The second-order valence-electron chi connectivity index (χ2n) is 6.30. The zero-order valence-corrected chi connectivity index (χ0v) is 12.4. The lowest BCUT2D eigenvalue weighted by Crippen LogP contribution is -2.43. The summed E-state index contributed by atoms with van der Waals surface area (Å²) >= 11 is 0. The van der Waals surface area contributed by atoms with Gasteiger partial charge in [-0.05, 0) is 37.2 Å². The number of piperidine rings is 1. The summed E-state index contributed by atoms with van der Waals surface area (Å²) in [5, 5.41) is 12.7. The number of nitrogens with one attached hydrogen (secondary N) is 1. The lowest BCUT2D eigenvalue weighted by atomic mass is 10.0. The van der Waals surface area contributed by atoms with Crippen LogP contribution in [0.5, 0.6) is 0 Å². The zero-order chi connectivity index (χ0) is 14.7. The van der Waals surface area contributed by atoms with Gasteiger partial charge in [0.25, 0.3) is 0 Å². The molecule has 21 heavy (non-hydrogen) atoms. The van der Waals surface area contributed by atoms with Crippen molar-refractivity contribution in [1.82, 2.24) is 10.2 Å². The van der Waals surface area contributed by atoms with Crippen molar-refractivity contribution in [2.75, 3.05) is 19.6 Å². The maximum Gasteiger partial charge on any atom is 0.234 e. The number of carbonyl (C=O) groups excluding carboxylic acids is 1. The Hall–Kier alpha value is -1.39. The lowest BCUT2D eigenvalue weighted by molar-refractivity contribution is -0.123. The number of amides is 1. The molecule has 2 fully saturated rings. The third-order valence-electron chi connectivity index (χ3n) is 4.49. The summed E-state index contributed by atoms with van der Waals surface area (Å²) in [5.41, 5.74) is 1.21. The van der Waals surface area contributed by atoms with Crippen LogP contribution >= 0.6 is 0 Å². The van der Waals surface area contributed by atoms with E-state index in [2.05, 4.69) is 22.3 Å². The molecule has 4 heteroatoms. The van der Waals surface area contributed by atoms with Crippen LogP contribution in [0.15, 0.2) is 30.3 Å². The zero-order valence-electron chi connectivity index (χ0n) is 12.4. The van der Waals surface area contributed by atoms with Gasteiger partial charge >= 0.3 is 0 Å². The van der Waals surface area contributed by atoms with Crippen molar-refractivity contribution in [1.29, 1.82) is 0 Å². The summed E-state index contributed by atoms with van der Waals surface area (Å²) in [6.45, 7) is 2.07. The number of carbonyl (C=O) groups is 1. The van der Waals surface area contributed by atoms with Gasteiger partial charge < -0.3 is 10.4 Å². The number of benzene rings is 1. The van der Waals surface area contributed by atoms with Crippen molar-refractivity contribution in [3.8, 4) is 0 Å². The quantitative estimate of drug-likeness (QED) is 0.867. The van der Waals surface area contributed by atoms with Gasteiger partial charge in [0.15, 0.2) is 0 Å². The highest BCUT2D eigenvalue weighted by Crippen LogP contribution is 2.40. The van der Waals surface area contributed by atoms with Crippen LogP contribution in [0.3, 0.4) is 0 Å². The Balaban J connectivity index is 1.55. The molecule has 114 valence electrons. The smallest absolute Gasteiger partial charge is 0.234 e. The minimum Gasteiger partial charge on any atom is -0.393 e. The molecule has 1 aliphatic heterocycles. The van der Waals surface area contributed by atoms with Gasteiger partial charge in [0.1, 0.15) is 0 Å². The number of hydrogen-bond donors (Lipinski definition) is 2. The Bertz CT molecular complexity index is 465. The maximum atomic E-state index is 12.3. The van der Waals surface area contributed by atoms with Crippen LogP contribution in [0.4, 0.5) is 0 Å².